The smallest absolute Gasteiger partial charge is 0.232 e. The Morgan fingerprint density at radius 1 is 1.25 bits per heavy atom. The van der Waals surface area contributed by atoms with Crippen LogP contribution in [0.1, 0.15) is 29.3 Å². The summed E-state index contributed by atoms with van der Waals surface area (Å²) in [7, 11) is -3.87. The molecule has 2 aromatic heterocycles. The van der Waals surface area contributed by atoms with Crippen LogP contribution in [-0.4, -0.2) is 39.2 Å². The lowest BCUT2D eigenvalue weighted by Crippen LogP contribution is -2.18. The quantitative estimate of drug-likeness (QED) is 0.253. The molecule has 0 fully saturated rings. The zero-order valence-electron chi connectivity index (χ0n) is 18.7. The van der Waals surface area contributed by atoms with Crippen molar-refractivity contribution in [2.75, 3.05) is 15.8 Å². The van der Waals surface area contributed by atoms with Gasteiger partial charge in [-0.2, -0.15) is 0 Å². The number of aromatic amines is 1. The molecule has 10 nitrogen and oxygen atoms in total. The first-order valence-corrected chi connectivity index (χ1v) is 13.1. The van der Waals surface area contributed by atoms with Crippen molar-refractivity contribution in [2.24, 2.45) is 0 Å². The van der Waals surface area contributed by atoms with Crippen molar-refractivity contribution in [3.63, 3.8) is 0 Å². The molecule has 5 rings (SSSR count). The summed E-state index contributed by atoms with van der Waals surface area (Å²) in [5, 5.41) is 3.35. The highest BCUT2D eigenvalue weighted by Gasteiger charge is 2.27. The molecule has 2 aliphatic heterocycles. The fourth-order valence-electron chi connectivity index (χ4n) is 3.75. The highest BCUT2D eigenvalue weighted by atomic mass is 32.2. The number of rotatable bonds is 8. The van der Waals surface area contributed by atoms with Crippen LogP contribution in [-0.2, 0) is 10.0 Å². The van der Waals surface area contributed by atoms with Crippen molar-refractivity contribution in [1.29, 1.82) is 0 Å². The highest BCUT2D eigenvalue weighted by molar-refractivity contribution is 7.95. The number of sulfonamides is 1. The van der Waals surface area contributed by atoms with Crippen molar-refractivity contribution in [1.82, 2.24) is 24.0 Å². The predicted octanol–water partition coefficient (Wildman–Crippen LogP) is 3.75. The van der Waals surface area contributed by atoms with Crippen molar-refractivity contribution in [3.8, 4) is 0 Å². The fraction of sp³-hybridized carbons (Fsp3) is 0.136. The first kappa shape index (κ1) is 23.8. The zero-order valence-corrected chi connectivity index (χ0v) is 20.3. The van der Waals surface area contributed by atoms with Crippen LogP contribution >= 0.6 is 12.1 Å². The number of anilines is 2. The molecule has 0 aliphatic carbocycles. The maximum atomic E-state index is 15.3. The Hall–Kier alpha value is -3.91. The normalized spacial score (nSPS) is 14.8. The van der Waals surface area contributed by atoms with Crippen molar-refractivity contribution >= 4 is 50.5 Å². The summed E-state index contributed by atoms with van der Waals surface area (Å²) in [6, 6.07) is 1.78. The Balaban J connectivity index is 1.53. The second-order valence-electron chi connectivity index (χ2n) is 7.83. The number of nitrogens with zero attached hydrogens (tertiary/aromatic N) is 3. The number of hydrogen-bond donors (Lipinski definition) is 4. The number of fused-ring (bicyclic) bond motifs is 2. The van der Waals surface area contributed by atoms with Gasteiger partial charge in [0.05, 0.1) is 45.8 Å². The van der Waals surface area contributed by atoms with Crippen LogP contribution in [0.25, 0.3) is 11.0 Å². The molecule has 4 N–H and O–H groups in total. The van der Waals surface area contributed by atoms with E-state index in [0.29, 0.717) is 12.1 Å². The second-order valence-corrected chi connectivity index (χ2v) is 10.5. The number of ketones is 1. The molecule has 0 saturated carbocycles. The van der Waals surface area contributed by atoms with Crippen LogP contribution in [0.2, 0.25) is 0 Å². The summed E-state index contributed by atoms with van der Waals surface area (Å²) in [4.78, 5) is 24.5. The Bertz CT molecular complexity index is 1580. The number of nitrogens with one attached hydrogen (secondary N) is 4. The molecule has 0 unspecified atom stereocenters. The van der Waals surface area contributed by atoms with Crippen LogP contribution in [0, 0.1) is 11.6 Å². The Labute approximate surface area is 208 Å². The molecule has 36 heavy (non-hydrogen) atoms. The molecule has 186 valence electrons. The average Bonchev–Trinajstić information content (AvgIpc) is 3.48. The van der Waals surface area contributed by atoms with Gasteiger partial charge in [-0.25, -0.2) is 27.2 Å². The third-order valence-corrected chi connectivity index (χ3v) is 7.57. The molecule has 0 amide bonds. The molecule has 3 aromatic rings. The Morgan fingerprint density at radius 2 is 2.08 bits per heavy atom. The lowest BCUT2D eigenvalue weighted by Gasteiger charge is -2.18. The number of hydrogen-bond acceptors (Lipinski definition) is 9. The summed E-state index contributed by atoms with van der Waals surface area (Å²) >= 11 is 1.39. The maximum Gasteiger partial charge on any atom is 0.232 e. The molecule has 0 radical (unpaired) electrons. The third-order valence-electron chi connectivity index (χ3n) is 5.34. The van der Waals surface area contributed by atoms with Gasteiger partial charge in [0.15, 0.2) is 5.82 Å². The summed E-state index contributed by atoms with van der Waals surface area (Å²) in [5.74, 6) is -3.45. The van der Waals surface area contributed by atoms with Gasteiger partial charge in [0.25, 0.3) is 0 Å². The van der Waals surface area contributed by atoms with Crippen LogP contribution in [0.4, 0.5) is 20.3 Å². The van der Waals surface area contributed by atoms with Gasteiger partial charge in [0, 0.05) is 24.3 Å². The van der Waals surface area contributed by atoms with Gasteiger partial charge >= 0.3 is 0 Å². The number of H-pyrrole nitrogens is 1. The molecule has 0 bridgehead atoms. The van der Waals surface area contributed by atoms with E-state index in [4.69, 9.17) is 0 Å². The van der Waals surface area contributed by atoms with E-state index >= 15 is 4.39 Å². The van der Waals surface area contributed by atoms with Gasteiger partial charge in [-0.3, -0.25) is 13.8 Å². The molecule has 0 spiro atoms. The van der Waals surface area contributed by atoms with E-state index in [1.807, 2.05) is 22.8 Å². The van der Waals surface area contributed by atoms with E-state index < -0.39 is 38.7 Å². The SMILES string of the molecule is CCCS(=O)(=O)Nc1ccc(F)c(C(=O)c2c[nH]c3ncnc(NC4=CC5=CNSN5C=C4)c23)c1F. The largest absolute Gasteiger partial charge is 0.345 e. The number of benzene rings is 1. The molecular weight excluding hydrogens is 512 g/mol. The molecule has 14 heteroatoms. The highest BCUT2D eigenvalue weighted by Crippen LogP contribution is 2.32. The minimum absolute atomic E-state index is 0.0845. The van der Waals surface area contributed by atoms with E-state index in [9.17, 15) is 17.6 Å². The van der Waals surface area contributed by atoms with Gasteiger partial charge in [0.2, 0.25) is 15.8 Å². The standard InChI is InChI=1S/C22H19F2N7O3S2/c1-2-7-36(33,34)30-16-4-3-15(23)18(19(16)24)20(32)14-10-25-21-17(14)22(27-11-26-21)29-12-5-6-31-13(8-12)9-28-35-31/h3-6,8-11,28,30H,2,7H2,1H3,(H2,25,26,27,29). The van der Waals surface area contributed by atoms with Crippen LogP contribution in [0.15, 0.2) is 60.6 Å². The van der Waals surface area contributed by atoms with Crippen molar-refractivity contribution in [2.45, 2.75) is 13.3 Å². The first-order chi connectivity index (χ1) is 17.3. The van der Waals surface area contributed by atoms with Crippen molar-refractivity contribution < 1.29 is 22.0 Å². The monoisotopic (exact) mass is 531 g/mol. The second kappa shape index (κ2) is 9.28. The van der Waals surface area contributed by atoms with E-state index in [1.54, 1.807) is 13.0 Å². The predicted molar refractivity (Wildman–Crippen MR) is 133 cm³/mol. The first-order valence-electron chi connectivity index (χ1n) is 10.7. The number of aromatic nitrogens is 3. The van der Waals surface area contributed by atoms with Crippen molar-refractivity contribution in [3.05, 3.63) is 83.4 Å². The summed E-state index contributed by atoms with van der Waals surface area (Å²) in [6.07, 6.45) is 10.1. The van der Waals surface area contributed by atoms with Gasteiger partial charge in [0.1, 0.15) is 23.6 Å². The van der Waals surface area contributed by atoms with Crippen LogP contribution in [0.5, 0.6) is 0 Å². The summed E-state index contributed by atoms with van der Waals surface area (Å²) < 4.78 is 61.2. The minimum atomic E-state index is -3.87. The number of halogens is 2. The van der Waals surface area contributed by atoms with Gasteiger partial charge in [-0.1, -0.05) is 6.92 Å². The van der Waals surface area contributed by atoms with E-state index in [2.05, 4.69) is 29.7 Å². The van der Waals surface area contributed by atoms with E-state index in [0.717, 1.165) is 17.8 Å². The lowest BCUT2D eigenvalue weighted by molar-refractivity contribution is 0.103. The summed E-state index contributed by atoms with van der Waals surface area (Å²) in [5.41, 5.74) is 0.322. The van der Waals surface area contributed by atoms with E-state index in [1.165, 1.54) is 24.7 Å². The number of carbonyl (C=O) groups excluding carboxylic acids is 1. The summed E-state index contributed by atoms with van der Waals surface area (Å²) in [6.45, 7) is 1.65. The van der Waals surface area contributed by atoms with Gasteiger partial charge < -0.3 is 15.0 Å². The topological polar surface area (TPSA) is 132 Å². The van der Waals surface area contributed by atoms with Gasteiger partial charge in [-0.05, 0) is 30.7 Å². The number of allylic oxidation sites excluding steroid dienone is 2. The molecular formula is C22H19F2N7O3S2. The molecule has 1 aromatic carbocycles. The molecule has 2 aliphatic rings. The minimum Gasteiger partial charge on any atom is -0.345 e. The van der Waals surface area contributed by atoms with E-state index in [-0.39, 0.29) is 28.2 Å². The third kappa shape index (κ3) is 4.40. The van der Waals surface area contributed by atoms with Crippen LogP contribution < -0.4 is 14.8 Å². The Morgan fingerprint density at radius 3 is 2.89 bits per heavy atom. The lowest BCUT2D eigenvalue weighted by atomic mass is 10.0. The Kier molecular flexibility index (Phi) is 6.14. The van der Waals surface area contributed by atoms with Crippen LogP contribution in [0.3, 0.4) is 0 Å². The fourth-order valence-corrected chi connectivity index (χ4v) is 5.50. The zero-order chi connectivity index (χ0) is 25.4. The molecule has 4 heterocycles. The molecule has 0 saturated heterocycles. The molecule has 0 atom stereocenters. The van der Waals surface area contributed by atoms with Gasteiger partial charge in [-0.15, -0.1) is 0 Å². The average molecular weight is 532 g/mol. The maximum absolute atomic E-state index is 15.3. The number of carbonyl (C=O) groups is 1.